The van der Waals surface area contributed by atoms with Gasteiger partial charge in [-0.25, -0.2) is 4.79 Å². The lowest BCUT2D eigenvalue weighted by atomic mass is 9.89. The van der Waals surface area contributed by atoms with Crippen LogP contribution >= 0.6 is 0 Å². The molecule has 228 valence electrons. The topological polar surface area (TPSA) is 157 Å². The molecule has 2 aromatic carbocycles. The molecule has 0 aliphatic heterocycles. The van der Waals surface area contributed by atoms with Crippen LogP contribution in [0.3, 0.4) is 0 Å². The molecule has 0 saturated heterocycles. The van der Waals surface area contributed by atoms with E-state index in [0.29, 0.717) is 12.8 Å². The molecule has 11 heteroatoms. The Hall–Kier alpha value is -4.80. The number of nitrogens with one attached hydrogen (secondary N) is 6. The number of carbonyl (C=O) groups is 4. The van der Waals surface area contributed by atoms with Crippen LogP contribution in [0.1, 0.15) is 52.7 Å². The number of H-pyrrole nitrogens is 2. The zero-order valence-electron chi connectivity index (χ0n) is 25.4. The normalized spacial score (nSPS) is 14.0. The fourth-order valence-corrected chi connectivity index (χ4v) is 4.93. The van der Waals surface area contributed by atoms with Crippen LogP contribution < -0.4 is 21.3 Å². The van der Waals surface area contributed by atoms with E-state index in [4.69, 9.17) is 4.74 Å². The molecule has 4 aromatic rings. The van der Waals surface area contributed by atoms with Crippen molar-refractivity contribution in [3.05, 3.63) is 72.1 Å². The van der Waals surface area contributed by atoms with Gasteiger partial charge in [-0.3, -0.25) is 14.4 Å². The Bertz CT molecular complexity index is 1630. The second kappa shape index (κ2) is 12.2. The van der Waals surface area contributed by atoms with E-state index >= 15 is 0 Å². The van der Waals surface area contributed by atoms with Gasteiger partial charge in [-0.15, -0.1) is 0 Å². The van der Waals surface area contributed by atoms with Gasteiger partial charge in [-0.2, -0.15) is 0 Å². The van der Waals surface area contributed by atoms with E-state index in [9.17, 15) is 19.2 Å². The zero-order valence-corrected chi connectivity index (χ0v) is 25.4. The smallest absolute Gasteiger partial charge is 0.408 e. The van der Waals surface area contributed by atoms with Gasteiger partial charge < -0.3 is 36.0 Å². The van der Waals surface area contributed by atoms with Crippen LogP contribution in [0.25, 0.3) is 21.8 Å². The van der Waals surface area contributed by atoms with E-state index in [1.807, 2.05) is 54.7 Å². The first-order chi connectivity index (χ1) is 20.2. The van der Waals surface area contributed by atoms with Crippen LogP contribution in [0.5, 0.6) is 0 Å². The zero-order chi connectivity index (χ0) is 31.4. The van der Waals surface area contributed by atoms with Crippen molar-refractivity contribution in [3.63, 3.8) is 0 Å². The average Bonchev–Trinajstić information content (AvgIpc) is 3.51. The van der Waals surface area contributed by atoms with E-state index in [0.717, 1.165) is 32.9 Å². The predicted octanol–water partition coefficient (Wildman–Crippen LogP) is 3.80. The molecule has 11 nitrogen and oxygen atoms in total. The van der Waals surface area contributed by atoms with E-state index in [-0.39, 0.29) is 6.42 Å². The van der Waals surface area contributed by atoms with Gasteiger partial charge in [0.15, 0.2) is 0 Å². The molecule has 4 rings (SSSR count). The standard InChI is InChI=1S/C32H40N6O5/c1-30(2,3)43-29(42)38-31(4,5)27(40)37-32(6,16-21-18-34-25-14-10-8-12-23(21)25)28(41)36-26(35-19-39)15-20-17-33-24-13-9-7-11-22(20)24/h7-14,17-19,26,33-34H,15-16H2,1-6H3,(H,35,39)(H,36,41)(H,37,40)(H,38,42)/t26-,32+/m0/s1. The van der Waals surface area contributed by atoms with Crippen LogP contribution in [-0.4, -0.2) is 57.1 Å². The number of aromatic nitrogens is 2. The Morgan fingerprint density at radius 3 is 1.95 bits per heavy atom. The maximum Gasteiger partial charge on any atom is 0.408 e. The lowest BCUT2D eigenvalue weighted by molar-refractivity contribution is -0.136. The lowest BCUT2D eigenvalue weighted by Crippen LogP contribution is -2.66. The van der Waals surface area contributed by atoms with Crippen LogP contribution in [0.4, 0.5) is 4.79 Å². The third kappa shape index (κ3) is 7.54. The molecule has 0 bridgehead atoms. The minimum Gasteiger partial charge on any atom is -0.444 e. The molecule has 43 heavy (non-hydrogen) atoms. The molecular formula is C32H40N6O5. The number of amides is 4. The molecular weight excluding hydrogens is 548 g/mol. The summed E-state index contributed by atoms with van der Waals surface area (Å²) in [5.41, 5.74) is -0.135. The molecule has 6 N–H and O–H groups in total. The van der Waals surface area contributed by atoms with Crippen LogP contribution in [-0.2, 0) is 32.0 Å². The summed E-state index contributed by atoms with van der Waals surface area (Å²) in [7, 11) is 0. The first-order valence-corrected chi connectivity index (χ1v) is 14.2. The predicted molar refractivity (Wildman–Crippen MR) is 165 cm³/mol. The summed E-state index contributed by atoms with van der Waals surface area (Å²) in [6.07, 6.45) is 3.08. The number of hydrogen-bond donors (Lipinski definition) is 6. The first-order valence-electron chi connectivity index (χ1n) is 14.2. The fourth-order valence-electron chi connectivity index (χ4n) is 4.93. The van der Waals surface area contributed by atoms with Gasteiger partial charge in [-0.05, 0) is 64.8 Å². The van der Waals surface area contributed by atoms with Gasteiger partial charge >= 0.3 is 6.09 Å². The van der Waals surface area contributed by atoms with Gasteiger partial charge in [0.1, 0.15) is 22.8 Å². The van der Waals surface area contributed by atoms with E-state index in [1.165, 1.54) is 13.8 Å². The molecule has 0 aliphatic carbocycles. The third-order valence-electron chi connectivity index (χ3n) is 7.16. The van der Waals surface area contributed by atoms with Crippen molar-refractivity contribution >= 4 is 46.1 Å². The van der Waals surface area contributed by atoms with Gasteiger partial charge in [0, 0.05) is 47.0 Å². The van der Waals surface area contributed by atoms with Crippen LogP contribution in [0.2, 0.25) is 0 Å². The second-order valence-corrected chi connectivity index (χ2v) is 12.4. The fraction of sp³-hybridized carbons (Fsp3) is 0.375. The molecule has 2 heterocycles. The van der Waals surface area contributed by atoms with Crippen molar-refractivity contribution in [1.82, 2.24) is 31.2 Å². The lowest BCUT2D eigenvalue weighted by Gasteiger charge is -2.35. The molecule has 0 unspecified atom stereocenters. The molecule has 0 spiro atoms. The Morgan fingerprint density at radius 2 is 1.37 bits per heavy atom. The van der Waals surface area contributed by atoms with Gasteiger partial charge in [0.2, 0.25) is 18.2 Å². The number of para-hydroxylation sites is 2. The Balaban J connectivity index is 1.61. The van der Waals surface area contributed by atoms with Crippen molar-refractivity contribution < 1.29 is 23.9 Å². The summed E-state index contributed by atoms with van der Waals surface area (Å²) < 4.78 is 5.34. The number of ether oxygens (including phenoxy) is 1. The summed E-state index contributed by atoms with van der Waals surface area (Å²) in [5.74, 6) is -1.11. The number of alkyl carbamates (subject to hydrolysis) is 1. The molecule has 0 aliphatic rings. The number of aromatic amines is 2. The number of benzene rings is 2. The van der Waals surface area contributed by atoms with E-state index < -0.39 is 40.8 Å². The summed E-state index contributed by atoms with van der Waals surface area (Å²) in [5, 5.41) is 13.0. The van der Waals surface area contributed by atoms with E-state index in [2.05, 4.69) is 31.2 Å². The Labute approximate surface area is 250 Å². The average molecular weight is 589 g/mol. The molecule has 0 fully saturated rings. The van der Waals surface area contributed by atoms with Gasteiger partial charge in [0.05, 0.1) is 0 Å². The Morgan fingerprint density at radius 1 is 0.814 bits per heavy atom. The van der Waals surface area contributed by atoms with Crippen molar-refractivity contribution in [3.8, 4) is 0 Å². The summed E-state index contributed by atoms with van der Waals surface area (Å²) in [6, 6.07) is 15.4. The molecule has 2 aromatic heterocycles. The SMILES string of the molecule is CC(C)(C)OC(=O)NC(C)(C)C(=O)N[C@](C)(Cc1c[nH]c2ccccc12)C(=O)N[C@@H](Cc1c[nH]c2ccccc12)NC=O. The molecule has 2 atom stereocenters. The Kier molecular flexibility index (Phi) is 8.84. The van der Waals surface area contributed by atoms with Crippen LogP contribution in [0, 0.1) is 0 Å². The van der Waals surface area contributed by atoms with Gasteiger partial charge in [-0.1, -0.05) is 36.4 Å². The second-order valence-electron chi connectivity index (χ2n) is 12.4. The molecule has 4 amide bonds. The first kappa shape index (κ1) is 31.1. The maximum absolute atomic E-state index is 14.1. The number of rotatable bonds is 11. The highest BCUT2D eigenvalue weighted by molar-refractivity contribution is 5.96. The number of fused-ring (bicyclic) bond motifs is 2. The maximum atomic E-state index is 14.1. The minimum atomic E-state index is -1.49. The third-order valence-corrected chi connectivity index (χ3v) is 7.16. The van der Waals surface area contributed by atoms with E-state index in [1.54, 1.807) is 33.9 Å². The number of hydrogen-bond acceptors (Lipinski definition) is 5. The molecule has 0 radical (unpaired) electrons. The van der Waals surface area contributed by atoms with Crippen molar-refractivity contribution in [2.45, 2.75) is 77.2 Å². The highest BCUT2D eigenvalue weighted by Gasteiger charge is 2.41. The highest BCUT2D eigenvalue weighted by Crippen LogP contribution is 2.24. The van der Waals surface area contributed by atoms with Crippen molar-refractivity contribution in [2.75, 3.05) is 0 Å². The number of carbonyl (C=O) groups excluding carboxylic acids is 4. The van der Waals surface area contributed by atoms with Gasteiger partial charge in [0.25, 0.3) is 0 Å². The van der Waals surface area contributed by atoms with Crippen LogP contribution in [0.15, 0.2) is 60.9 Å². The minimum absolute atomic E-state index is 0.123. The summed E-state index contributed by atoms with van der Waals surface area (Å²) >= 11 is 0. The molecule has 0 saturated carbocycles. The summed E-state index contributed by atoms with van der Waals surface area (Å²) in [4.78, 5) is 58.2. The van der Waals surface area contributed by atoms with Crippen molar-refractivity contribution in [2.24, 2.45) is 0 Å². The largest absolute Gasteiger partial charge is 0.444 e. The quantitative estimate of drug-likeness (QED) is 0.116. The monoisotopic (exact) mass is 588 g/mol. The summed E-state index contributed by atoms with van der Waals surface area (Å²) in [6.45, 7) is 9.86. The highest BCUT2D eigenvalue weighted by atomic mass is 16.6. The van der Waals surface area contributed by atoms with Crippen molar-refractivity contribution in [1.29, 1.82) is 0 Å².